The molecule has 0 atom stereocenters. The van der Waals surface area contributed by atoms with Gasteiger partial charge in [0.15, 0.2) is 0 Å². The van der Waals surface area contributed by atoms with Crippen molar-refractivity contribution in [2.45, 2.75) is 26.3 Å². The SMILES string of the molecule is CNC(C)(C)c1cn(C)c2c(OC)cc(C)cc12. The van der Waals surface area contributed by atoms with Crippen molar-refractivity contribution in [2.75, 3.05) is 14.2 Å². The number of hydrogen-bond donors (Lipinski definition) is 1. The van der Waals surface area contributed by atoms with Gasteiger partial charge in [0, 0.05) is 24.2 Å². The van der Waals surface area contributed by atoms with E-state index in [1.54, 1.807) is 7.11 Å². The number of rotatable bonds is 3. The van der Waals surface area contributed by atoms with E-state index in [0.717, 1.165) is 11.3 Å². The van der Waals surface area contributed by atoms with E-state index in [-0.39, 0.29) is 5.54 Å². The average molecular weight is 246 g/mol. The predicted molar refractivity (Wildman–Crippen MR) is 76.3 cm³/mol. The molecule has 0 saturated carbocycles. The summed E-state index contributed by atoms with van der Waals surface area (Å²) >= 11 is 0. The van der Waals surface area contributed by atoms with Gasteiger partial charge in [-0.2, -0.15) is 0 Å². The number of aryl methyl sites for hydroxylation is 2. The highest BCUT2D eigenvalue weighted by Gasteiger charge is 2.24. The number of hydrogen-bond acceptors (Lipinski definition) is 2. The second-order valence-electron chi connectivity index (χ2n) is 5.39. The fraction of sp³-hybridized carbons (Fsp3) is 0.467. The summed E-state index contributed by atoms with van der Waals surface area (Å²) in [4.78, 5) is 0. The summed E-state index contributed by atoms with van der Waals surface area (Å²) in [5.74, 6) is 0.936. The molecule has 1 aromatic heterocycles. The van der Waals surface area contributed by atoms with Gasteiger partial charge in [-0.1, -0.05) is 0 Å². The lowest BCUT2D eigenvalue weighted by Gasteiger charge is -2.23. The minimum absolute atomic E-state index is 0.0572. The molecule has 98 valence electrons. The van der Waals surface area contributed by atoms with Gasteiger partial charge >= 0.3 is 0 Å². The molecule has 0 aliphatic rings. The Morgan fingerprint density at radius 3 is 2.50 bits per heavy atom. The summed E-state index contributed by atoms with van der Waals surface area (Å²) in [6.07, 6.45) is 2.18. The molecule has 0 amide bonds. The molecular weight excluding hydrogens is 224 g/mol. The highest BCUT2D eigenvalue weighted by atomic mass is 16.5. The molecule has 0 saturated heterocycles. The normalized spacial score (nSPS) is 12.1. The third-order valence-electron chi connectivity index (χ3n) is 3.70. The zero-order valence-corrected chi connectivity index (χ0v) is 12.1. The highest BCUT2D eigenvalue weighted by Crippen LogP contribution is 2.35. The molecule has 0 bridgehead atoms. The lowest BCUT2D eigenvalue weighted by Crippen LogP contribution is -2.32. The van der Waals surface area contributed by atoms with Crippen molar-refractivity contribution in [2.24, 2.45) is 7.05 Å². The van der Waals surface area contributed by atoms with Crippen molar-refractivity contribution in [1.82, 2.24) is 9.88 Å². The van der Waals surface area contributed by atoms with Gasteiger partial charge in [0.2, 0.25) is 0 Å². The van der Waals surface area contributed by atoms with Crippen molar-refractivity contribution in [3.63, 3.8) is 0 Å². The summed E-state index contributed by atoms with van der Waals surface area (Å²) in [6.45, 7) is 6.48. The highest BCUT2D eigenvalue weighted by molar-refractivity contribution is 5.90. The van der Waals surface area contributed by atoms with Crippen molar-refractivity contribution in [3.05, 3.63) is 29.5 Å². The van der Waals surface area contributed by atoms with Crippen molar-refractivity contribution >= 4 is 10.9 Å². The van der Waals surface area contributed by atoms with Crippen LogP contribution in [0.5, 0.6) is 5.75 Å². The minimum Gasteiger partial charge on any atom is -0.495 e. The van der Waals surface area contributed by atoms with E-state index >= 15 is 0 Å². The second kappa shape index (κ2) is 4.32. The van der Waals surface area contributed by atoms with Gasteiger partial charge in [-0.25, -0.2) is 0 Å². The summed E-state index contributed by atoms with van der Waals surface area (Å²) in [5, 5.41) is 4.62. The molecule has 0 spiro atoms. The number of methoxy groups -OCH3 is 1. The Kier molecular flexibility index (Phi) is 3.11. The Bertz CT molecular complexity index is 582. The van der Waals surface area contributed by atoms with Crippen LogP contribution in [-0.4, -0.2) is 18.7 Å². The Hall–Kier alpha value is -1.48. The second-order valence-corrected chi connectivity index (χ2v) is 5.39. The lowest BCUT2D eigenvalue weighted by atomic mass is 9.93. The summed E-state index contributed by atoms with van der Waals surface area (Å²) in [7, 11) is 5.78. The minimum atomic E-state index is -0.0572. The predicted octanol–water partition coefficient (Wildman–Crippen LogP) is 2.95. The van der Waals surface area contributed by atoms with Crippen LogP contribution < -0.4 is 10.1 Å². The molecule has 0 aliphatic carbocycles. The molecule has 0 fully saturated rings. The monoisotopic (exact) mass is 246 g/mol. The van der Waals surface area contributed by atoms with Crippen LogP contribution in [0.25, 0.3) is 10.9 Å². The van der Waals surface area contributed by atoms with E-state index in [9.17, 15) is 0 Å². The van der Waals surface area contributed by atoms with Crippen LogP contribution in [0.1, 0.15) is 25.0 Å². The Morgan fingerprint density at radius 1 is 1.28 bits per heavy atom. The maximum Gasteiger partial charge on any atom is 0.143 e. The van der Waals surface area contributed by atoms with Crippen LogP contribution in [-0.2, 0) is 12.6 Å². The van der Waals surface area contributed by atoms with Crippen LogP contribution in [0, 0.1) is 6.92 Å². The first-order valence-corrected chi connectivity index (χ1v) is 6.23. The molecule has 0 unspecified atom stereocenters. The van der Waals surface area contributed by atoms with Crippen LogP contribution in [0.3, 0.4) is 0 Å². The third-order valence-corrected chi connectivity index (χ3v) is 3.70. The first kappa shape index (κ1) is 13.0. The van der Waals surface area contributed by atoms with E-state index in [4.69, 9.17) is 4.74 Å². The standard InChI is InChI=1S/C15H22N2O/c1-10-7-11-12(15(2,3)16-4)9-17(5)14(11)13(8-10)18-6/h7-9,16H,1-6H3. The molecule has 0 radical (unpaired) electrons. The maximum absolute atomic E-state index is 5.51. The topological polar surface area (TPSA) is 26.2 Å². The van der Waals surface area contributed by atoms with Crippen LogP contribution >= 0.6 is 0 Å². The number of aromatic nitrogens is 1. The molecule has 1 heterocycles. The Labute approximate surface area is 109 Å². The number of nitrogens with zero attached hydrogens (tertiary/aromatic N) is 1. The van der Waals surface area contributed by atoms with Gasteiger partial charge in [0.05, 0.1) is 12.6 Å². The quantitative estimate of drug-likeness (QED) is 0.901. The summed E-state index contributed by atoms with van der Waals surface area (Å²) < 4.78 is 7.65. The fourth-order valence-electron chi connectivity index (χ4n) is 2.43. The van der Waals surface area contributed by atoms with Crippen LogP contribution in [0.4, 0.5) is 0 Å². The number of benzene rings is 1. The van der Waals surface area contributed by atoms with Gasteiger partial charge in [-0.05, 0) is 51.1 Å². The molecular formula is C15H22N2O. The molecule has 1 aromatic carbocycles. The lowest BCUT2D eigenvalue weighted by molar-refractivity contribution is 0.417. The number of ether oxygens (including phenoxy) is 1. The maximum atomic E-state index is 5.51. The first-order chi connectivity index (χ1) is 8.40. The van der Waals surface area contributed by atoms with Gasteiger partial charge < -0.3 is 14.6 Å². The van der Waals surface area contributed by atoms with Crippen molar-refractivity contribution in [1.29, 1.82) is 0 Å². The van der Waals surface area contributed by atoms with Gasteiger partial charge in [-0.3, -0.25) is 0 Å². The number of fused-ring (bicyclic) bond motifs is 1. The van der Waals surface area contributed by atoms with Crippen LogP contribution in [0.2, 0.25) is 0 Å². The average Bonchev–Trinajstić information content (AvgIpc) is 2.66. The zero-order valence-electron chi connectivity index (χ0n) is 12.1. The summed E-state index contributed by atoms with van der Waals surface area (Å²) in [5.41, 5.74) is 3.61. The zero-order chi connectivity index (χ0) is 13.5. The molecule has 2 rings (SSSR count). The molecule has 18 heavy (non-hydrogen) atoms. The van der Waals surface area contributed by atoms with E-state index < -0.39 is 0 Å². The fourth-order valence-corrected chi connectivity index (χ4v) is 2.43. The summed E-state index contributed by atoms with van der Waals surface area (Å²) in [6, 6.07) is 4.31. The van der Waals surface area contributed by atoms with Gasteiger partial charge in [0.1, 0.15) is 5.75 Å². The van der Waals surface area contributed by atoms with Gasteiger partial charge in [0.25, 0.3) is 0 Å². The van der Waals surface area contributed by atoms with Gasteiger partial charge in [-0.15, -0.1) is 0 Å². The van der Waals surface area contributed by atoms with Crippen molar-refractivity contribution < 1.29 is 4.74 Å². The van der Waals surface area contributed by atoms with Crippen LogP contribution in [0.15, 0.2) is 18.3 Å². The number of nitrogens with one attached hydrogen (secondary N) is 1. The molecule has 2 aromatic rings. The van der Waals surface area contributed by atoms with E-state index in [0.29, 0.717) is 0 Å². The van der Waals surface area contributed by atoms with E-state index in [1.165, 1.54) is 16.5 Å². The van der Waals surface area contributed by atoms with E-state index in [2.05, 4.69) is 56.0 Å². The first-order valence-electron chi connectivity index (χ1n) is 6.23. The third kappa shape index (κ3) is 1.89. The molecule has 3 heteroatoms. The largest absolute Gasteiger partial charge is 0.495 e. The molecule has 3 nitrogen and oxygen atoms in total. The molecule has 1 N–H and O–H groups in total. The van der Waals surface area contributed by atoms with Crippen molar-refractivity contribution in [3.8, 4) is 5.75 Å². The molecule has 0 aliphatic heterocycles. The Morgan fingerprint density at radius 2 is 1.94 bits per heavy atom. The Balaban J connectivity index is 2.83. The van der Waals surface area contributed by atoms with E-state index in [1.807, 2.05) is 7.05 Å². The smallest absolute Gasteiger partial charge is 0.143 e.